The lowest BCUT2D eigenvalue weighted by atomic mass is 10.0. The topological polar surface area (TPSA) is 41.3 Å². The average Bonchev–Trinajstić information content (AvgIpc) is 3.08. The monoisotopic (exact) mass is 335 g/mol. The number of aromatic nitrogens is 2. The lowest BCUT2D eigenvalue weighted by Gasteiger charge is -2.17. The zero-order valence-corrected chi connectivity index (χ0v) is 14.3. The van der Waals surface area contributed by atoms with Gasteiger partial charge in [-0.1, -0.05) is 0 Å². The van der Waals surface area contributed by atoms with Crippen LogP contribution in [0.1, 0.15) is 30.3 Å². The minimum absolute atomic E-state index is 0.256. The van der Waals surface area contributed by atoms with Gasteiger partial charge in [-0.05, 0) is 51.8 Å². The summed E-state index contributed by atoms with van der Waals surface area (Å²) >= 11 is 0. The zero-order chi connectivity index (χ0) is 17.4. The minimum atomic E-state index is -0.623. The van der Waals surface area contributed by atoms with Crippen LogP contribution in [-0.2, 0) is 6.54 Å². The Morgan fingerprint density at radius 1 is 1.33 bits per heavy atom. The molecule has 1 saturated heterocycles. The molecule has 4 nitrogen and oxygen atoms in total. The number of aryl methyl sites for hydroxylation is 1. The van der Waals surface area contributed by atoms with Gasteiger partial charge in [0, 0.05) is 30.4 Å². The van der Waals surface area contributed by atoms with Gasteiger partial charge in [-0.15, -0.1) is 0 Å². The SMILES string of the molecule is Cc1nn(-c2ccc(F)cc2F)c(C)c1CN1CCC(C(C)O)C1. The second-order valence-corrected chi connectivity index (χ2v) is 6.68. The molecular formula is C18H23F2N3O. The first-order valence-corrected chi connectivity index (χ1v) is 8.27. The minimum Gasteiger partial charge on any atom is -0.393 e. The summed E-state index contributed by atoms with van der Waals surface area (Å²) in [5.41, 5.74) is 3.02. The molecule has 0 aliphatic carbocycles. The molecule has 2 atom stereocenters. The van der Waals surface area contributed by atoms with E-state index in [1.807, 2.05) is 20.8 Å². The van der Waals surface area contributed by atoms with E-state index in [0.717, 1.165) is 49.1 Å². The molecule has 3 rings (SSSR count). The van der Waals surface area contributed by atoms with E-state index < -0.39 is 11.6 Å². The Morgan fingerprint density at radius 3 is 2.71 bits per heavy atom. The quantitative estimate of drug-likeness (QED) is 0.934. The number of halogens is 2. The molecule has 1 aromatic carbocycles. The van der Waals surface area contributed by atoms with Crippen molar-refractivity contribution in [2.45, 2.75) is 39.8 Å². The number of aliphatic hydroxyl groups excluding tert-OH is 1. The molecule has 2 heterocycles. The van der Waals surface area contributed by atoms with Crippen molar-refractivity contribution in [2.75, 3.05) is 13.1 Å². The molecule has 6 heteroatoms. The standard InChI is InChI=1S/C18H23F2N3O/c1-11-16(10-22-7-6-14(9-22)13(3)24)12(2)23(21-11)18-5-4-15(19)8-17(18)20/h4-5,8,13-14,24H,6-7,9-10H2,1-3H3. The van der Waals surface area contributed by atoms with Crippen molar-refractivity contribution >= 4 is 0 Å². The third-order valence-corrected chi connectivity index (χ3v) is 4.95. The number of rotatable bonds is 4. The summed E-state index contributed by atoms with van der Waals surface area (Å²) in [4.78, 5) is 2.29. The highest BCUT2D eigenvalue weighted by Crippen LogP contribution is 2.25. The van der Waals surface area contributed by atoms with Crippen LogP contribution in [0.3, 0.4) is 0 Å². The van der Waals surface area contributed by atoms with Crippen LogP contribution in [0, 0.1) is 31.4 Å². The Labute approximate surface area is 140 Å². The summed E-state index contributed by atoms with van der Waals surface area (Å²) in [7, 11) is 0. The number of hydrogen-bond acceptors (Lipinski definition) is 3. The second-order valence-electron chi connectivity index (χ2n) is 6.68. The molecule has 0 amide bonds. The first-order valence-electron chi connectivity index (χ1n) is 8.27. The predicted octanol–water partition coefficient (Wildman–Crippen LogP) is 2.97. The maximum Gasteiger partial charge on any atom is 0.151 e. The van der Waals surface area contributed by atoms with E-state index in [9.17, 15) is 13.9 Å². The van der Waals surface area contributed by atoms with Crippen LogP contribution >= 0.6 is 0 Å². The van der Waals surface area contributed by atoms with Gasteiger partial charge in [0.15, 0.2) is 5.82 Å². The van der Waals surface area contributed by atoms with E-state index in [1.165, 1.54) is 12.1 Å². The zero-order valence-electron chi connectivity index (χ0n) is 14.3. The molecule has 130 valence electrons. The lowest BCUT2D eigenvalue weighted by Crippen LogP contribution is -2.24. The summed E-state index contributed by atoms with van der Waals surface area (Å²) in [6, 6.07) is 3.52. The second kappa shape index (κ2) is 6.61. The molecule has 1 fully saturated rings. The van der Waals surface area contributed by atoms with Crippen molar-refractivity contribution < 1.29 is 13.9 Å². The van der Waals surface area contributed by atoms with Crippen LogP contribution in [-0.4, -0.2) is 39.0 Å². The highest BCUT2D eigenvalue weighted by molar-refractivity contribution is 5.38. The fraction of sp³-hybridized carbons (Fsp3) is 0.500. The molecule has 0 spiro atoms. The molecule has 0 saturated carbocycles. The molecule has 0 bridgehead atoms. The van der Waals surface area contributed by atoms with Gasteiger partial charge in [-0.25, -0.2) is 13.5 Å². The van der Waals surface area contributed by atoms with Crippen molar-refractivity contribution in [3.8, 4) is 5.69 Å². The Morgan fingerprint density at radius 2 is 2.08 bits per heavy atom. The van der Waals surface area contributed by atoms with E-state index in [2.05, 4.69) is 10.00 Å². The molecule has 1 N–H and O–H groups in total. The maximum atomic E-state index is 14.1. The molecule has 1 aliphatic rings. The Hall–Kier alpha value is -1.79. The Bertz CT molecular complexity index is 742. The molecule has 24 heavy (non-hydrogen) atoms. The van der Waals surface area contributed by atoms with Crippen molar-refractivity contribution in [1.82, 2.24) is 14.7 Å². The van der Waals surface area contributed by atoms with Crippen LogP contribution in [0.25, 0.3) is 5.69 Å². The Balaban J connectivity index is 1.85. The van der Waals surface area contributed by atoms with Crippen LogP contribution in [0.15, 0.2) is 18.2 Å². The van der Waals surface area contributed by atoms with E-state index in [4.69, 9.17) is 0 Å². The van der Waals surface area contributed by atoms with E-state index in [1.54, 1.807) is 4.68 Å². The van der Waals surface area contributed by atoms with Crippen LogP contribution in [0.2, 0.25) is 0 Å². The van der Waals surface area contributed by atoms with Gasteiger partial charge >= 0.3 is 0 Å². The predicted molar refractivity (Wildman–Crippen MR) is 88.0 cm³/mol. The van der Waals surface area contributed by atoms with Crippen molar-refractivity contribution in [3.63, 3.8) is 0 Å². The fourth-order valence-electron chi connectivity index (χ4n) is 3.41. The van der Waals surface area contributed by atoms with Gasteiger partial charge in [0.25, 0.3) is 0 Å². The largest absolute Gasteiger partial charge is 0.393 e. The van der Waals surface area contributed by atoms with Gasteiger partial charge in [0.2, 0.25) is 0 Å². The van der Waals surface area contributed by atoms with E-state index >= 15 is 0 Å². The van der Waals surface area contributed by atoms with Crippen molar-refractivity contribution in [2.24, 2.45) is 5.92 Å². The summed E-state index contributed by atoms with van der Waals surface area (Å²) in [5, 5.41) is 14.2. The van der Waals surface area contributed by atoms with Crippen LogP contribution in [0.5, 0.6) is 0 Å². The molecule has 1 aromatic heterocycles. The van der Waals surface area contributed by atoms with Crippen molar-refractivity contribution in [1.29, 1.82) is 0 Å². The molecule has 2 aromatic rings. The third-order valence-electron chi connectivity index (χ3n) is 4.95. The van der Waals surface area contributed by atoms with Crippen molar-refractivity contribution in [3.05, 3.63) is 46.8 Å². The molecule has 1 aliphatic heterocycles. The lowest BCUT2D eigenvalue weighted by molar-refractivity contribution is 0.127. The molecular weight excluding hydrogens is 312 g/mol. The molecule has 0 radical (unpaired) electrons. The fourth-order valence-corrected chi connectivity index (χ4v) is 3.41. The first kappa shape index (κ1) is 17.0. The van der Waals surface area contributed by atoms with Crippen LogP contribution in [0.4, 0.5) is 8.78 Å². The molecule has 2 unspecified atom stereocenters. The van der Waals surface area contributed by atoms with Gasteiger partial charge in [-0.2, -0.15) is 5.10 Å². The van der Waals surface area contributed by atoms with Gasteiger partial charge in [0.1, 0.15) is 11.5 Å². The Kier molecular flexibility index (Phi) is 4.69. The number of hydrogen-bond donors (Lipinski definition) is 1. The van der Waals surface area contributed by atoms with E-state index in [-0.39, 0.29) is 11.8 Å². The average molecular weight is 335 g/mol. The van der Waals surface area contributed by atoms with Gasteiger partial charge < -0.3 is 5.11 Å². The summed E-state index contributed by atoms with van der Waals surface area (Å²) in [5.74, 6) is -0.920. The van der Waals surface area contributed by atoms with Gasteiger partial charge in [0.05, 0.1) is 11.8 Å². The summed E-state index contributed by atoms with van der Waals surface area (Å²) in [6.45, 7) is 8.16. The number of benzene rings is 1. The summed E-state index contributed by atoms with van der Waals surface area (Å²) < 4.78 is 28.7. The smallest absolute Gasteiger partial charge is 0.151 e. The first-order chi connectivity index (χ1) is 11.4. The highest BCUT2D eigenvalue weighted by Gasteiger charge is 2.27. The van der Waals surface area contributed by atoms with Crippen LogP contribution < -0.4 is 0 Å². The third kappa shape index (κ3) is 3.21. The summed E-state index contributed by atoms with van der Waals surface area (Å²) in [6.07, 6.45) is 0.685. The van der Waals surface area contributed by atoms with Gasteiger partial charge in [-0.3, -0.25) is 4.90 Å². The maximum absolute atomic E-state index is 14.1. The number of nitrogens with zero attached hydrogens (tertiary/aromatic N) is 3. The normalized spacial score (nSPS) is 19.8. The van der Waals surface area contributed by atoms with E-state index in [0.29, 0.717) is 5.92 Å². The number of aliphatic hydroxyl groups is 1. The number of likely N-dealkylation sites (tertiary alicyclic amines) is 1. The highest BCUT2D eigenvalue weighted by atomic mass is 19.1.